The minimum absolute atomic E-state index is 0.749. The van der Waals surface area contributed by atoms with Gasteiger partial charge in [-0.2, -0.15) is 0 Å². The summed E-state index contributed by atoms with van der Waals surface area (Å²) in [5.41, 5.74) is 7.56. The number of rotatable bonds is 3. The van der Waals surface area contributed by atoms with Crippen molar-refractivity contribution in [3.8, 4) is 5.75 Å². The third-order valence-electron chi connectivity index (χ3n) is 3.15. The zero-order valence-electron chi connectivity index (χ0n) is 10.6. The number of benzene rings is 2. The summed E-state index contributed by atoms with van der Waals surface area (Å²) >= 11 is 0. The Morgan fingerprint density at radius 2 is 1.74 bits per heavy atom. The zero-order chi connectivity index (χ0) is 13.1. The fourth-order valence-corrected chi connectivity index (χ4v) is 2.31. The van der Waals surface area contributed by atoms with Gasteiger partial charge in [-0.25, -0.2) is 5.48 Å². The number of allylic oxidation sites excluding steroid dienone is 1. The van der Waals surface area contributed by atoms with Gasteiger partial charge in [0.05, 0.1) is 5.70 Å². The first-order valence-electron chi connectivity index (χ1n) is 6.32. The second kappa shape index (κ2) is 5.02. The molecule has 2 aromatic carbocycles. The van der Waals surface area contributed by atoms with E-state index in [0.29, 0.717) is 0 Å². The van der Waals surface area contributed by atoms with Gasteiger partial charge in [0.25, 0.3) is 0 Å². The Morgan fingerprint density at radius 3 is 2.53 bits per heavy atom. The van der Waals surface area contributed by atoms with Crippen LogP contribution in [0.5, 0.6) is 5.75 Å². The molecule has 1 aliphatic rings. The molecule has 0 unspecified atom stereocenters. The van der Waals surface area contributed by atoms with Crippen LogP contribution >= 0.6 is 0 Å². The molecule has 1 N–H and O–H groups in total. The Kier molecular flexibility index (Phi) is 3.07. The van der Waals surface area contributed by atoms with Crippen LogP contribution in [0.2, 0.25) is 0 Å². The molecule has 2 heteroatoms. The fourth-order valence-electron chi connectivity index (χ4n) is 2.31. The average molecular weight is 249 g/mol. The topological polar surface area (TPSA) is 21.3 Å². The van der Waals surface area contributed by atoms with Gasteiger partial charge in [0, 0.05) is 17.6 Å². The first-order chi connectivity index (χ1) is 9.40. The molecular formula is C17H15NO. The van der Waals surface area contributed by atoms with Crippen molar-refractivity contribution in [1.29, 1.82) is 0 Å². The van der Waals surface area contributed by atoms with Crippen molar-refractivity contribution in [2.75, 3.05) is 0 Å². The van der Waals surface area contributed by atoms with Crippen molar-refractivity contribution in [3.05, 3.63) is 84.1 Å². The normalized spacial score (nSPS) is 13.3. The fraction of sp³-hybridized carbons (Fsp3) is 0.0588. The van der Waals surface area contributed by atoms with E-state index in [0.717, 1.165) is 23.4 Å². The van der Waals surface area contributed by atoms with E-state index in [9.17, 15) is 0 Å². The van der Waals surface area contributed by atoms with Crippen molar-refractivity contribution >= 4 is 5.57 Å². The third-order valence-corrected chi connectivity index (χ3v) is 3.15. The summed E-state index contributed by atoms with van der Waals surface area (Å²) in [6, 6.07) is 18.4. The van der Waals surface area contributed by atoms with Crippen LogP contribution in [0.15, 0.2) is 72.9 Å². The lowest BCUT2D eigenvalue weighted by atomic mass is 9.93. The summed E-state index contributed by atoms with van der Waals surface area (Å²) in [5.74, 6) is 0.856. The quantitative estimate of drug-likeness (QED) is 0.832. The van der Waals surface area contributed by atoms with Crippen LogP contribution in [0.4, 0.5) is 0 Å². The van der Waals surface area contributed by atoms with Crippen molar-refractivity contribution in [2.24, 2.45) is 0 Å². The van der Waals surface area contributed by atoms with E-state index in [4.69, 9.17) is 4.84 Å². The smallest absolute Gasteiger partial charge is 0.162 e. The van der Waals surface area contributed by atoms with Crippen LogP contribution in [0.1, 0.15) is 17.5 Å². The molecular weight excluding hydrogens is 234 g/mol. The second-order valence-corrected chi connectivity index (χ2v) is 4.41. The molecule has 0 aliphatic carbocycles. The molecule has 0 amide bonds. The Morgan fingerprint density at radius 1 is 1.00 bits per heavy atom. The highest BCUT2D eigenvalue weighted by molar-refractivity contribution is 5.85. The Labute approximate surface area is 113 Å². The van der Waals surface area contributed by atoms with Crippen molar-refractivity contribution in [3.63, 3.8) is 0 Å². The van der Waals surface area contributed by atoms with Crippen molar-refractivity contribution < 1.29 is 4.84 Å². The first kappa shape index (κ1) is 11.6. The minimum Gasteiger partial charge on any atom is -0.382 e. The molecule has 0 spiro atoms. The largest absolute Gasteiger partial charge is 0.382 e. The van der Waals surface area contributed by atoms with E-state index in [1.807, 2.05) is 42.5 Å². The van der Waals surface area contributed by atoms with Crippen LogP contribution in [-0.2, 0) is 0 Å². The van der Waals surface area contributed by atoms with Gasteiger partial charge in [0.15, 0.2) is 5.75 Å². The van der Waals surface area contributed by atoms with E-state index < -0.39 is 0 Å². The van der Waals surface area contributed by atoms with E-state index in [-0.39, 0.29) is 0 Å². The number of hydrogen-bond donors (Lipinski definition) is 1. The van der Waals surface area contributed by atoms with Crippen LogP contribution in [0.3, 0.4) is 0 Å². The van der Waals surface area contributed by atoms with E-state index in [1.165, 1.54) is 11.1 Å². The maximum atomic E-state index is 5.58. The van der Waals surface area contributed by atoms with E-state index in [1.54, 1.807) is 0 Å². The highest BCUT2D eigenvalue weighted by Crippen LogP contribution is 2.36. The van der Waals surface area contributed by atoms with Gasteiger partial charge in [0.2, 0.25) is 0 Å². The van der Waals surface area contributed by atoms with Gasteiger partial charge < -0.3 is 4.84 Å². The molecule has 0 atom stereocenters. The first-order valence-corrected chi connectivity index (χ1v) is 6.32. The van der Waals surface area contributed by atoms with Gasteiger partial charge in [-0.05, 0) is 11.6 Å². The molecule has 2 nitrogen and oxygen atoms in total. The van der Waals surface area contributed by atoms with E-state index >= 15 is 0 Å². The molecule has 0 saturated carbocycles. The lowest BCUT2D eigenvalue weighted by molar-refractivity contribution is 0.222. The summed E-state index contributed by atoms with van der Waals surface area (Å²) in [7, 11) is 0. The molecule has 94 valence electrons. The highest BCUT2D eigenvalue weighted by Gasteiger charge is 2.20. The molecule has 0 fully saturated rings. The van der Waals surface area contributed by atoms with Gasteiger partial charge in [0.1, 0.15) is 0 Å². The lowest BCUT2D eigenvalue weighted by Crippen LogP contribution is -2.24. The Bertz CT molecular complexity index is 629. The van der Waals surface area contributed by atoms with Crippen LogP contribution in [0, 0.1) is 0 Å². The number of hydroxylamine groups is 1. The second-order valence-electron chi connectivity index (χ2n) is 4.41. The molecule has 0 bridgehead atoms. The zero-order valence-corrected chi connectivity index (χ0v) is 10.6. The third kappa shape index (κ3) is 2.13. The summed E-state index contributed by atoms with van der Waals surface area (Å²) in [4.78, 5) is 5.58. The lowest BCUT2D eigenvalue weighted by Gasteiger charge is -2.24. The Hall–Kier alpha value is -2.48. The molecule has 0 radical (unpaired) electrons. The van der Waals surface area contributed by atoms with Crippen molar-refractivity contribution in [2.45, 2.75) is 6.42 Å². The van der Waals surface area contributed by atoms with E-state index in [2.05, 4.69) is 30.3 Å². The maximum Gasteiger partial charge on any atom is 0.162 e. The van der Waals surface area contributed by atoms with Gasteiger partial charge in [-0.1, -0.05) is 54.6 Å². The molecule has 3 rings (SSSR count). The molecule has 0 saturated heterocycles. The predicted molar refractivity (Wildman–Crippen MR) is 77.5 cm³/mol. The van der Waals surface area contributed by atoms with Crippen LogP contribution < -0.4 is 10.3 Å². The van der Waals surface area contributed by atoms with Crippen molar-refractivity contribution in [1.82, 2.24) is 5.48 Å². The summed E-state index contributed by atoms with van der Waals surface area (Å²) in [6.45, 7) is 3.81. The predicted octanol–water partition coefficient (Wildman–Crippen LogP) is 3.92. The van der Waals surface area contributed by atoms with Gasteiger partial charge >= 0.3 is 0 Å². The minimum atomic E-state index is 0.749. The maximum absolute atomic E-state index is 5.58. The number of fused-ring (bicyclic) bond motifs is 1. The molecule has 0 aromatic heterocycles. The molecule has 1 heterocycles. The monoisotopic (exact) mass is 249 g/mol. The highest BCUT2D eigenvalue weighted by atomic mass is 16.6. The summed E-state index contributed by atoms with van der Waals surface area (Å²) in [5, 5.41) is 0. The Balaban J connectivity index is 2.20. The van der Waals surface area contributed by atoms with Gasteiger partial charge in [-0.15, -0.1) is 6.58 Å². The average Bonchev–Trinajstić information content (AvgIpc) is 2.48. The molecule has 19 heavy (non-hydrogen) atoms. The van der Waals surface area contributed by atoms with Crippen LogP contribution in [-0.4, -0.2) is 0 Å². The van der Waals surface area contributed by atoms with Crippen LogP contribution in [0.25, 0.3) is 5.57 Å². The summed E-state index contributed by atoms with van der Waals surface area (Å²) in [6.07, 6.45) is 2.63. The summed E-state index contributed by atoms with van der Waals surface area (Å²) < 4.78 is 0. The van der Waals surface area contributed by atoms with Gasteiger partial charge in [-0.3, -0.25) is 0 Å². The molecule has 1 aliphatic heterocycles. The number of hydrogen-bond acceptors (Lipinski definition) is 2. The SMILES string of the molecule is C=CCC1=C(c2ccccc2)c2ccccc2ON1. The number of nitrogens with one attached hydrogen (secondary N) is 1. The standard InChI is InChI=1S/C17H15NO/c1-2-8-15-17(13-9-4-3-5-10-13)14-11-6-7-12-16(14)19-18-15/h2-7,9-12,18H,1,8H2. The number of para-hydroxylation sites is 1. The molecule has 2 aromatic rings.